The molecule has 106 valence electrons. The molecule has 0 aliphatic heterocycles. The fourth-order valence-electron chi connectivity index (χ4n) is 2.61. The van der Waals surface area contributed by atoms with Gasteiger partial charge >= 0.3 is 0 Å². The number of aliphatic hydroxyl groups is 1. The Morgan fingerprint density at radius 3 is 2.84 bits per heavy atom. The Morgan fingerprint density at radius 2 is 2.11 bits per heavy atom. The summed E-state index contributed by atoms with van der Waals surface area (Å²) in [7, 11) is 1.68. The van der Waals surface area contributed by atoms with Crippen LogP contribution in [0.25, 0.3) is 0 Å². The minimum absolute atomic E-state index is 0.251. The van der Waals surface area contributed by atoms with Gasteiger partial charge in [0.25, 0.3) is 0 Å². The van der Waals surface area contributed by atoms with E-state index in [1.54, 1.807) is 7.11 Å². The Labute approximate surface area is 120 Å². The van der Waals surface area contributed by atoms with E-state index in [1.807, 2.05) is 30.0 Å². The number of methoxy groups -OCH3 is 1. The van der Waals surface area contributed by atoms with E-state index in [9.17, 15) is 5.11 Å². The first-order valence-electron chi connectivity index (χ1n) is 7.20. The minimum Gasteiger partial charge on any atom is -0.497 e. The van der Waals surface area contributed by atoms with E-state index in [-0.39, 0.29) is 6.10 Å². The molecule has 1 fully saturated rings. The Kier molecular flexibility index (Phi) is 6.05. The maximum absolute atomic E-state index is 10.1. The van der Waals surface area contributed by atoms with Crippen LogP contribution in [-0.2, 0) is 6.42 Å². The summed E-state index contributed by atoms with van der Waals surface area (Å²) in [5.41, 5.74) is 1.15. The minimum atomic E-state index is -0.251. The Bertz CT molecular complexity index is 375. The van der Waals surface area contributed by atoms with Gasteiger partial charge in [-0.1, -0.05) is 31.4 Å². The van der Waals surface area contributed by atoms with Crippen LogP contribution in [0.15, 0.2) is 24.3 Å². The number of benzene rings is 1. The van der Waals surface area contributed by atoms with Crippen LogP contribution in [0.4, 0.5) is 0 Å². The molecule has 1 aromatic rings. The number of hydrogen-bond acceptors (Lipinski definition) is 3. The predicted octanol–water partition coefficient (Wildman–Crippen LogP) is 3.66. The van der Waals surface area contributed by atoms with Crippen LogP contribution >= 0.6 is 11.8 Å². The van der Waals surface area contributed by atoms with E-state index < -0.39 is 0 Å². The molecule has 1 unspecified atom stereocenters. The molecular weight excluding hydrogens is 256 g/mol. The second-order valence-electron chi connectivity index (χ2n) is 5.30. The van der Waals surface area contributed by atoms with Crippen molar-refractivity contribution >= 4 is 11.8 Å². The average molecular weight is 280 g/mol. The lowest BCUT2D eigenvalue weighted by Gasteiger charge is -2.22. The van der Waals surface area contributed by atoms with Crippen molar-refractivity contribution in [3.8, 4) is 5.75 Å². The maximum Gasteiger partial charge on any atom is 0.119 e. The summed E-state index contributed by atoms with van der Waals surface area (Å²) < 4.78 is 5.20. The predicted molar refractivity (Wildman–Crippen MR) is 82.0 cm³/mol. The molecule has 2 rings (SSSR count). The van der Waals surface area contributed by atoms with Crippen LogP contribution in [0.5, 0.6) is 5.75 Å². The van der Waals surface area contributed by atoms with Gasteiger partial charge in [-0.05, 0) is 37.0 Å². The van der Waals surface area contributed by atoms with Gasteiger partial charge in [0, 0.05) is 11.0 Å². The highest BCUT2D eigenvalue weighted by Gasteiger charge is 2.15. The third-order valence-corrected chi connectivity index (χ3v) is 5.20. The molecule has 19 heavy (non-hydrogen) atoms. The van der Waals surface area contributed by atoms with Crippen LogP contribution in [-0.4, -0.2) is 29.3 Å². The van der Waals surface area contributed by atoms with Gasteiger partial charge in [-0.15, -0.1) is 0 Å². The molecule has 0 spiro atoms. The van der Waals surface area contributed by atoms with E-state index in [1.165, 1.54) is 32.1 Å². The summed E-state index contributed by atoms with van der Waals surface area (Å²) in [4.78, 5) is 0. The van der Waals surface area contributed by atoms with Crippen molar-refractivity contribution < 1.29 is 9.84 Å². The van der Waals surface area contributed by atoms with Crippen LogP contribution in [0.2, 0.25) is 0 Å². The molecule has 0 aromatic heterocycles. The van der Waals surface area contributed by atoms with Crippen molar-refractivity contribution in [1.82, 2.24) is 0 Å². The van der Waals surface area contributed by atoms with Crippen LogP contribution < -0.4 is 4.74 Å². The highest BCUT2D eigenvalue weighted by molar-refractivity contribution is 7.99. The van der Waals surface area contributed by atoms with Crippen LogP contribution in [0, 0.1) is 0 Å². The molecule has 0 amide bonds. The highest BCUT2D eigenvalue weighted by atomic mass is 32.2. The topological polar surface area (TPSA) is 29.5 Å². The number of aliphatic hydroxyl groups excluding tert-OH is 1. The van der Waals surface area contributed by atoms with E-state index in [0.717, 1.165) is 28.7 Å². The van der Waals surface area contributed by atoms with Gasteiger partial charge in [0.2, 0.25) is 0 Å². The van der Waals surface area contributed by atoms with Crippen molar-refractivity contribution in [2.24, 2.45) is 0 Å². The largest absolute Gasteiger partial charge is 0.497 e. The average Bonchev–Trinajstić information content (AvgIpc) is 2.46. The van der Waals surface area contributed by atoms with Crippen LogP contribution in [0.3, 0.4) is 0 Å². The third kappa shape index (κ3) is 5.07. The highest BCUT2D eigenvalue weighted by Crippen LogP contribution is 2.29. The van der Waals surface area contributed by atoms with E-state index in [2.05, 4.69) is 6.07 Å². The molecule has 3 heteroatoms. The Balaban J connectivity index is 1.75. The lowest BCUT2D eigenvalue weighted by molar-refractivity contribution is 0.200. The molecule has 1 aromatic carbocycles. The van der Waals surface area contributed by atoms with Gasteiger partial charge in [0.05, 0.1) is 13.2 Å². The molecule has 0 saturated heterocycles. The Morgan fingerprint density at radius 1 is 1.32 bits per heavy atom. The molecule has 1 saturated carbocycles. The first-order valence-corrected chi connectivity index (χ1v) is 8.25. The molecule has 1 aliphatic rings. The lowest BCUT2D eigenvalue weighted by atomic mass is 10.0. The summed E-state index contributed by atoms with van der Waals surface area (Å²) >= 11 is 1.95. The van der Waals surface area contributed by atoms with Gasteiger partial charge in [0.1, 0.15) is 5.75 Å². The SMILES string of the molecule is COc1cccc(CC(O)CSC2CCCCC2)c1. The number of ether oxygens (including phenoxy) is 1. The fraction of sp³-hybridized carbons (Fsp3) is 0.625. The standard InChI is InChI=1S/C16H24O2S/c1-18-15-7-5-6-13(11-15)10-14(17)12-19-16-8-3-2-4-9-16/h5-7,11,14,16-17H,2-4,8-10,12H2,1H3. The van der Waals surface area contributed by atoms with Crippen LogP contribution in [0.1, 0.15) is 37.7 Å². The molecule has 2 nitrogen and oxygen atoms in total. The zero-order chi connectivity index (χ0) is 13.5. The number of thioether (sulfide) groups is 1. The van der Waals surface area contributed by atoms with E-state index >= 15 is 0 Å². The molecule has 0 bridgehead atoms. The summed E-state index contributed by atoms with van der Waals surface area (Å²) in [6.07, 6.45) is 7.25. The van der Waals surface area contributed by atoms with Crippen molar-refractivity contribution in [1.29, 1.82) is 0 Å². The summed E-state index contributed by atoms with van der Waals surface area (Å²) in [6, 6.07) is 7.98. The number of hydrogen-bond donors (Lipinski definition) is 1. The summed E-state index contributed by atoms with van der Waals surface area (Å²) in [5.74, 6) is 1.71. The van der Waals surface area contributed by atoms with Gasteiger partial charge < -0.3 is 9.84 Å². The van der Waals surface area contributed by atoms with Crippen molar-refractivity contribution in [3.63, 3.8) is 0 Å². The molecule has 0 radical (unpaired) electrons. The summed E-state index contributed by atoms with van der Waals surface area (Å²) in [6.45, 7) is 0. The second kappa shape index (κ2) is 7.81. The monoisotopic (exact) mass is 280 g/mol. The molecule has 1 aliphatic carbocycles. The van der Waals surface area contributed by atoms with E-state index in [4.69, 9.17) is 4.74 Å². The fourth-order valence-corrected chi connectivity index (χ4v) is 3.89. The smallest absolute Gasteiger partial charge is 0.119 e. The molecule has 0 heterocycles. The normalized spacial score (nSPS) is 18.2. The molecule has 1 N–H and O–H groups in total. The van der Waals surface area contributed by atoms with Gasteiger partial charge in [-0.25, -0.2) is 0 Å². The zero-order valence-corrected chi connectivity index (χ0v) is 12.5. The zero-order valence-electron chi connectivity index (χ0n) is 11.7. The molecule has 1 atom stereocenters. The third-order valence-electron chi connectivity index (χ3n) is 3.68. The quantitative estimate of drug-likeness (QED) is 0.862. The van der Waals surface area contributed by atoms with Crippen molar-refractivity contribution in [2.75, 3.05) is 12.9 Å². The van der Waals surface area contributed by atoms with Crippen molar-refractivity contribution in [2.45, 2.75) is 49.9 Å². The first kappa shape index (κ1) is 14.7. The van der Waals surface area contributed by atoms with Gasteiger partial charge in [0.15, 0.2) is 0 Å². The lowest BCUT2D eigenvalue weighted by Crippen LogP contribution is -2.17. The van der Waals surface area contributed by atoms with Crippen molar-refractivity contribution in [3.05, 3.63) is 29.8 Å². The first-order chi connectivity index (χ1) is 9.28. The van der Waals surface area contributed by atoms with Gasteiger partial charge in [-0.2, -0.15) is 11.8 Å². The van der Waals surface area contributed by atoms with Gasteiger partial charge in [-0.3, -0.25) is 0 Å². The van der Waals surface area contributed by atoms with E-state index in [0.29, 0.717) is 0 Å². The Hall–Kier alpha value is -0.670. The molecular formula is C16H24O2S. The second-order valence-corrected chi connectivity index (χ2v) is 6.64. The maximum atomic E-state index is 10.1. The summed E-state index contributed by atoms with van der Waals surface area (Å²) in [5, 5.41) is 10.9. The number of rotatable bonds is 6.